The second-order valence-electron chi connectivity index (χ2n) is 6.71. The maximum absolute atomic E-state index is 13.4. The SMILES string of the molecule is COC1CCCCN(C(=O)Nc2ccc(C(F)(F)F)c(-c3ncc(F)cn3)c2)C1. The van der Waals surface area contributed by atoms with Crippen LogP contribution in [0.25, 0.3) is 11.4 Å². The first-order valence-corrected chi connectivity index (χ1v) is 9.06. The number of likely N-dealkylation sites (tertiary alicyclic amines) is 1. The summed E-state index contributed by atoms with van der Waals surface area (Å²) in [5, 5.41) is 2.62. The number of ether oxygens (including phenoxy) is 1. The molecule has 1 aliphatic heterocycles. The standard InChI is InChI=1S/C19H20F4N4O2/c1-29-14-4-2-3-7-27(11-14)18(28)26-13-5-6-16(19(21,22)23)15(8-13)17-24-9-12(20)10-25-17/h5-6,8-10,14H,2-4,7,11H2,1H3,(H,26,28). The molecular formula is C19H20F4N4O2. The Balaban J connectivity index is 1.87. The minimum absolute atomic E-state index is 0.0842. The van der Waals surface area contributed by atoms with Gasteiger partial charge in [-0.05, 0) is 37.5 Å². The smallest absolute Gasteiger partial charge is 0.380 e. The molecule has 29 heavy (non-hydrogen) atoms. The lowest BCUT2D eigenvalue weighted by atomic mass is 10.1. The van der Waals surface area contributed by atoms with Crippen LogP contribution >= 0.6 is 0 Å². The molecule has 1 aromatic carbocycles. The Morgan fingerprint density at radius 2 is 1.97 bits per heavy atom. The van der Waals surface area contributed by atoms with Crippen LogP contribution in [0.3, 0.4) is 0 Å². The average molecular weight is 412 g/mol. The number of amides is 2. The van der Waals surface area contributed by atoms with Crippen molar-refractivity contribution < 1.29 is 27.1 Å². The highest BCUT2D eigenvalue weighted by molar-refractivity contribution is 5.90. The van der Waals surface area contributed by atoms with Crippen molar-refractivity contribution in [2.45, 2.75) is 31.5 Å². The van der Waals surface area contributed by atoms with E-state index in [1.54, 1.807) is 12.0 Å². The Labute approximate surface area is 164 Å². The van der Waals surface area contributed by atoms with E-state index in [-0.39, 0.29) is 23.2 Å². The summed E-state index contributed by atoms with van der Waals surface area (Å²) in [4.78, 5) is 21.5. The number of rotatable bonds is 3. The minimum Gasteiger partial charge on any atom is -0.380 e. The van der Waals surface area contributed by atoms with Gasteiger partial charge in [0.05, 0.1) is 24.1 Å². The molecule has 1 fully saturated rings. The molecule has 0 spiro atoms. The van der Waals surface area contributed by atoms with E-state index in [2.05, 4.69) is 15.3 Å². The number of aromatic nitrogens is 2. The summed E-state index contributed by atoms with van der Waals surface area (Å²) in [5.41, 5.74) is -1.17. The van der Waals surface area contributed by atoms with Crippen LogP contribution in [0.15, 0.2) is 30.6 Å². The molecular weight excluding hydrogens is 392 g/mol. The Morgan fingerprint density at radius 1 is 1.24 bits per heavy atom. The number of halogens is 4. The number of anilines is 1. The van der Waals surface area contributed by atoms with E-state index >= 15 is 0 Å². The predicted octanol–water partition coefficient (Wildman–Crippen LogP) is 4.33. The maximum Gasteiger partial charge on any atom is 0.417 e. The second-order valence-corrected chi connectivity index (χ2v) is 6.71. The molecule has 0 radical (unpaired) electrons. The van der Waals surface area contributed by atoms with Crippen molar-refractivity contribution >= 4 is 11.7 Å². The first-order valence-electron chi connectivity index (χ1n) is 9.06. The van der Waals surface area contributed by atoms with Gasteiger partial charge < -0.3 is 15.0 Å². The Kier molecular flexibility index (Phi) is 6.31. The highest BCUT2D eigenvalue weighted by atomic mass is 19.4. The number of nitrogens with zero attached hydrogens (tertiary/aromatic N) is 3. The zero-order valence-corrected chi connectivity index (χ0v) is 15.7. The number of nitrogens with one attached hydrogen (secondary N) is 1. The van der Waals surface area contributed by atoms with E-state index in [0.29, 0.717) is 13.1 Å². The van der Waals surface area contributed by atoms with E-state index in [1.807, 2.05) is 0 Å². The highest BCUT2D eigenvalue weighted by Crippen LogP contribution is 2.37. The van der Waals surface area contributed by atoms with Crippen LogP contribution in [0, 0.1) is 5.82 Å². The molecule has 1 aromatic heterocycles. The van der Waals surface area contributed by atoms with Crippen LogP contribution in [0.2, 0.25) is 0 Å². The monoisotopic (exact) mass is 412 g/mol. The number of carbonyl (C=O) groups is 1. The molecule has 1 saturated heterocycles. The fraction of sp³-hybridized carbons (Fsp3) is 0.421. The molecule has 156 valence electrons. The normalized spacial score (nSPS) is 17.7. The van der Waals surface area contributed by atoms with Gasteiger partial charge in [-0.25, -0.2) is 19.2 Å². The molecule has 1 N–H and O–H groups in total. The van der Waals surface area contributed by atoms with Gasteiger partial charge in [0.15, 0.2) is 11.6 Å². The molecule has 2 heterocycles. The molecule has 1 atom stereocenters. The summed E-state index contributed by atoms with van der Waals surface area (Å²) in [7, 11) is 1.58. The average Bonchev–Trinajstić information content (AvgIpc) is 2.93. The number of methoxy groups -OCH3 is 1. The van der Waals surface area contributed by atoms with E-state index in [9.17, 15) is 22.4 Å². The molecule has 1 aliphatic rings. The van der Waals surface area contributed by atoms with Crippen LogP contribution in [-0.4, -0.2) is 47.2 Å². The zero-order valence-electron chi connectivity index (χ0n) is 15.7. The number of benzene rings is 1. The summed E-state index contributed by atoms with van der Waals surface area (Å²) in [6.07, 6.45) is -0.590. The van der Waals surface area contributed by atoms with Gasteiger partial charge in [0, 0.05) is 31.5 Å². The second kappa shape index (κ2) is 8.73. The maximum atomic E-state index is 13.4. The fourth-order valence-corrected chi connectivity index (χ4v) is 3.19. The van der Waals surface area contributed by atoms with Crippen LogP contribution in [0.5, 0.6) is 0 Å². The van der Waals surface area contributed by atoms with Crippen LogP contribution in [-0.2, 0) is 10.9 Å². The predicted molar refractivity (Wildman–Crippen MR) is 97.7 cm³/mol. The minimum atomic E-state index is -4.66. The van der Waals surface area contributed by atoms with Crippen molar-refractivity contribution in [2.24, 2.45) is 0 Å². The van der Waals surface area contributed by atoms with E-state index in [1.165, 1.54) is 6.07 Å². The van der Waals surface area contributed by atoms with Crippen molar-refractivity contribution in [3.05, 3.63) is 42.0 Å². The summed E-state index contributed by atoms with van der Waals surface area (Å²) in [5.74, 6) is -1.05. The Hall–Kier alpha value is -2.75. The molecule has 2 aromatic rings. The molecule has 3 rings (SSSR count). The van der Waals surface area contributed by atoms with Gasteiger partial charge in [-0.1, -0.05) is 0 Å². The summed E-state index contributed by atoms with van der Waals surface area (Å²) in [6.45, 7) is 0.928. The van der Waals surface area contributed by atoms with Gasteiger partial charge >= 0.3 is 12.2 Å². The van der Waals surface area contributed by atoms with Gasteiger partial charge in [-0.3, -0.25) is 0 Å². The number of hydrogen-bond donors (Lipinski definition) is 1. The van der Waals surface area contributed by atoms with E-state index in [4.69, 9.17) is 4.74 Å². The zero-order chi connectivity index (χ0) is 21.0. The molecule has 2 amide bonds. The molecule has 10 heteroatoms. The van der Waals surface area contributed by atoms with Gasteiger partial charge in [-0.15, -0.1) is 0 Å². The summed E-state index contributed by atoms with van der Waals surface area (Å²) < 4.78 is 58.6. The van der Waals surface area contributed by atoms with Crippen molar-refractivity contribution in [1.82, 2.24) is 14.9 Å². The first-order chi connectivity index (χ1) is 13.8. The molecule has 1 unspecified atom stereocenters. The van der Waals surface area contributed by atoms with Gasteiger partial charge in [0.1, 0.15) is 0 Å². The number of hydrogen-bond acceptors (Lipinski definition) is 4. The number of carbonyl (C=O) groups excluding carboxylic acids is 1. The largest absolute Gasteiger partial charge is 0.417 e. The third-order valence-electron chi connectivity index (χ3n) is 4.69. The van der Waals surface area contributed by atoms with E-state index < -0.39 is 23.6 Å². The highest BCUT2D eigenvalue weighted by Gasteiger charge is 2.34. The lowest BCUT2D eigenvalue weighted by Gasteiger charge is -2.24. The Morgan fingerprint density at radius 3 is 2.62 bits per heavy atom. The van der Waals surface area contributed by atoms with Crippen molar-refractivity contribution in [3.8, 4) is 11.4 Å². The first kappa shape index (κ1) is 21.0. The van der Waals surface area contributed by atoms with Gasteiger partial charge in [0.25, 0.3) is 0 Å². The fourth-order valence-electron chi connectivity index (χ4n) is 3.19. The van der Waals surface area contributed by atoms with Crippen molar-refractivity contribution in [3.63, 3.8) is 0 Å². The number of alkyl halides is 3. The molecule has 0 saturated carbocycles. The third kappa shape index (κ3) is 5.20. The van der Waals surface area contributed by atoms with Crippen LogP contribution in [0.1, 0.15) is 24.8 Å². The molecule has 0 bridgehead atoms. The van der Waals surface area contributed by atoms with E-state index in [0.717, 1.165) is 43.8 Å². The topological polar surface area (TPSA) is 67.3 Å². The Bertz CT molecular complexity index is 858. The van der Waals surface area contributed by atoms with Crippen LogP contribution < -0.4 is 5.32 Å². The molecule has 0 aliphatic carbocycles. The van der Waals surface area contributed by atoms with Crippen LogP contribution in [0.4, 0.5) is 28.0 Å². The summed E-state index contributed by atoms with van der Waals surface area (Å²) in [6, 6.07) is 2.72. The number of urea groups is 1. The lowest BCUT2D eigenvalue weighted by Crippen LogP contribution is -2.39. The van der Waals surface area contributed by atoms with Crippen molar-refractivity contribution in [1.29, 1.82) is 0 Å². The van der Waals surface area contributed by atoms with Gasteiger partial charge in [0.2, 0.25) is 0 Å². The third-order valence-corrected chi connectivity index (χ3v) is 4.69. The summed E-state index contributed by atoms with van der Waals surface area (Å²) >= 11 is 0. The van der Waals surface area contributed by atoms with Crippen molar-refractivity contribution in [2.75, 3.05) is 25.5 Å². The quantitative estimate of drug-likeness (QED) is 0.762. The molecule has 6 nitrogen and oxygen atoms in total. The van der Waals surface area contributed by atoms with Gasteiger partial charge in [-0.2, -0.15) is 13.2 Å². The lowest BCUT2D eigenvalue weighted by molar-refractivity contribution is -0.137.